The second kappa shape index (κ2) is 8.81. The Labute approximate surface area is 190 Å². The number of nitrogens with zero attached hydrogens (tertiary/aromatic N) is 4. The van der Waals surface area contributed by atoms with Gasteiger partial charge in [-0.3, -0.25) is 4.79 Å². The summed E-state index contributed by atoms with van der Waals surface area (Å²) in [6.07, 6.45) is 8.13. The number of nitriles is 1. The highest BCUT2D eigenvalue weighted by Gasteiger charge is 2.30. The van der Waals surface area contributed by atoms with Gasteiger partial charge in [-0.1, -0.05) is 0 Å². The lowest BCUT2D eigenvalue weighted by Crippen LogP contribution is -2.37. The third-order valence-corrected chi connectivity index (χ3v) is 6.90. The lowest BCUT2D eigenvalue weighted by atomic mass is 9.87. The van der Waals surface area contributed by atoms with Crippen LogP contribution in [0.5, 0.6) is 0 Å². The van der Waals surface area contributed by atoms with Crippen molar-refractivity contribution in [2.75, 3.05) is 11.4 Å². The van der Waals surface area contributed by atoms with Gasteiger partial charge in [-0.15, -0.1) is 0 Å². The number of carbonyl (C=O) groups excluding carboxylic acids is 1. The van der Waals surface area contributed by atoms with Crippen molar-refractivity contribution < 1.29 is 13.6 Å². The van der Waals surface area contributed by atoms with E-state index in [9.17, 15) is 13.6 Å². The maximum absolute atomic E-state index is 14.5. The molecular formula is C25H25F2N5O. The van der Waals surface area contributed by atoms with Gasteiger partial charge in [0.25, 0.3) is 5.91 Å². The molecular weight excluding hydrogens is 424 g/mol. The molecule has 1 unspecified atom stereocenters. The quantitative estimate of drug-likeness (QED) is 0.623. The number of rotatable bonds is 4. The Balaban J connectivity index is 1.39. The van der Waals surface area contributed by atoms with Gasteiger partial charge in [-0.2, -0.15) is 10.4 Å². The smallest absolute Gasteiger partial charge is 0.255 e. The van der Waals surface area contributed by atoms with Crippen molar-refractivity contribution in [2.24, 2.45) is 5.92 Å². The SMILES string of the molecule is N#CC1CCC(NC(=O)c2cnn3ccc(N4CCCC4c4cc(F)ccc4F)cc23)CC1. The van der Waals surface area contributed by atoms with Crippen LogP contribution in [0.4, 0.5) is 14.5 Å². The molecule has 1 atom stereocenters. The number of amides is 1. The zero-order valence-electron chi connectivity index (χ0n) is 18.2. The van der Waals surface area contributed by atoms with Gasteiger partial charge in [0.05, 0.1) is 29.4 Å². The van der Waals surface area contributed by atoms with Crippen LogP contribution < -0.4 is 10.2 Å². The van der Waals surface area contributed by atoms with Crippen LogP contribution in [0.1, 0.15) is 60.5 Å². The van der Waals surface area contributed by atoms with E-state index in [4.69, 9.17) is 5.26 Å². The van der Waals surface area contributed by atoms with Crippen LogP contribution >= 0.6 is 0 Å². The van der Waals surface area contributed by atoms with Gasteiger partial charge in [0.1, 0.15) is 11.6 Å². The zero-order valence-corrected chi connectivity index (χ0v) is 18.2. The minimum absolute atomic E-state index is 0.0548. The Kier molecular flexibility index (Phi) is 5.71. The van der Waals surface area contributed by atoms with Crippen LogP contribution in [0.15, 0.2) is 42.7 Å². The molecule has 1 saturated carbocycles. The summed E-state index contributed by atoms with van der Waals surface area (Å²) in [4.78, 5) is 15.1. The van der Waals surface area contributed by atoms with Gasteiger partial charge in [0.2, 0.25) is 0 Å². The van der Waals surface area contributed by atoms with E-state index in [1.165, 1.54) is 12.1 Å². The zero-order chi connectivity index (χ0) is 22.9. The molecule has 33 heavy (non-hydrogen) atoms. The second-order valence-electron chi connectivity index (χ2n) is 8.94. The molecule has 1 aliphatic carbocycles. The van der Waals surface area contributed by atoms with Gasteiger partial charge in [0, 0.05) is 36.0 Å². The number of aromatic nitrogens is 2. The van der Waals surface area contributed by atoms with Crippen molar-refractivity contribution in [3.8, 4) is 6.07 Å². The van der Waals surface area contributed by atoms with Crippen molar-refractivity contribution >= 4 is 17.1 Å². The van der Waals surface area contributed by atoms with Gasteiger partial charge >= 0.3 is 0 Å². The molecule has 0 spiro atoms. The topological polar surface area (TPSA) is 73.4 Å². The Hall–Kier alpha value is -3.47. The normalized spacial score (nSPS) is 22.9. The van der Waals surface area contributed by atoms with Gasteiger partial charge < -0.3 is 10.2 Å². The molecule has 170 valence electrons. The van der Waals surface area contributed by atoms with E-state index >= 15 is 0 Å². The Bertz CT molecular complexity index is 1230. The number of fused-ring (bicyclic) bond motifs is 1. The number of hydrogen-bond donors (Lipinski definition) is 1. The lowest BCUT2D eigenvalue weighted by molar-refractivity contribution is 0.0926. The highest BCUT2D eigenvalue weighted by molar-refractivity contribution is 6.01. The number of hydrogen-bond acceptors (Lipinski definition) is 4. The molecule has 0 bridgehead atoms. The number of nitrogens with one attached hydrogen (secondary N) is 1. The van der Waals surface area contributed by atoms with Crippen LogP contribution in [0.2, 0.25) is 0 Å². The summed E-state index contributed by atoms with van der Waals surface area (Å²) in [5.41, 5.74) is 2.34. The average Bonchev–Trinajstić information content (AvgIpc) is 3.48. The third kappa shape index (κ3) is 4.15. The van der Waals surface area contributed by atoms with E-state index in [1.54, 1.807) is 16.9 Å². The first kappa shape index (κ1) is 21.4. The average molecular weight is 450 g/mol. The summed E-state index contributed by atoms with van der Waals surface area (Å²) in [7, 11) is 0. The number of anilines is 1. The third-order valence-electron chi connectivity index (χ3n) is 6.90. The summed E-state index contributed by atoms with van der Waals surface area (Å²) in [6.45, 7) is 0.717. The Morgan fingerprint density at radius 1 is 1.12 bits per heavy atom. The van der Waals surface area contributed by atoms with Crippen LogP contribution in [-0.4, -0.2) is 28.1 Å². The van der Waals surface area contributed by atoms with Crippen molar-refractivity contribution in [3.05, 3.63) is 65.5 Å². The van der Waals surface area contributed by atoms with Gasteiger partial charge in [-0.25, -0.2) is 13.3 Å². The minimum Gasteiger partial charge on any atom is -0.364 e. The van der Waals surface area contributed by atoms with Crippen molar-refractivity contribution in [1.29, 1.82) is 5.26 Å². The highest BCUT2D eigenvalue weighted by Crippen LogP contribution is 2.38. The fourth-order valence-corrected chi connectivity index (χ4v) is 5.12. The number of benzene rings is 1. The van der Waals surface area contributed by atoms with Crippen molar-refractivity contribution in [3.63, 3.8) is 0 Å². The number of pyridine rings is 1. The molecule has 1 saturated heterocycles. The largest absolute Gasteiger partial charge is 0.364 e. The molecule has 2 aromatic heterocycles. The second-order valence-corrected chi connectivity index (χ2v) is 8.94. The lowest BCUT2D eigenvalue weighted by Gasteiger charge is -2.28. The molecule has 3 heterocycles. The molecule has 0 radical (unpaired) electrons. The standard InChI is InChI=1S/C25H25F2N5O/c26-17-5-8-22(27)20(12-17)23-2-1-10-31(23)19-9-11-32-24(13-19)21(15-29-32)25(33)30-18-6-3-16(14-28)4-7-18/h5,8-9,11-13,15-16,18,23H,1-4,6-7,10H2,(H,30,33). The summed E-state index contributed by atoms with van der Waals surface area (Å²) in [6, 6.07) is 9.46. The van der Waals surface area contributed by atoms with E-state index in [2.05, 4.69) is 21.4 Å². The predicted molar refractivity (Wildman–Crippen MR) is 120 cm³/mol. The molecule has 5 rings (SSSR count). The van der Waals surface area contributed by atoms with Crippen LogP contribution in [0, 0.1) is 28.9 Å². The van der Waals surface area contributed by atoms with Crippen molar-refractivity contribution in [2.45, 2.75) is 50.6 Å². The number of halogens is 2. The number of carbonyl (C=O) groups is 1. The maximum Gasteiger partial charge on any atom is 0.255 e. The fourth-order valence-electron chi connectivity index (χ4n) is 5.12. The maximum atomic E-state index is 14.5. The van der Waals surface area contributed by atoms with E-state index in [1.807, 2.05) is 12.1 Å². The molecule has 6 nitrogen and oxygen atoms in total. The molecule has 1 N–H and O–H groups in total. The molecule has 1 aliphatic heterocycles. The summed E-state index contributed by atoms with van der Waals surface area (Å²) < 4.78 is 29.9. The first-order valence-corrected chi connectivity index (χ1v) is 11.4. The van der Waals surface area contributed by atoms with Crippen molar-refractivity contribution in [1.82, 2.24) is 14.9 Å². The minimum atomic E-state index is -0.452. The highest BCUT2D eigenvalue weighted by atomic mass is 19.1. The molecule has 1 amide bonds. The monoisotopic (exact) mass is 449 g/mol. The predicted octanol–water partition coefficient (Wildman–Crippen LogP) is 4.77. The van der Waals surface area contributed by atoms with E-state index in [-0.39, 0.29) is 23.9 Å². The molecule has 2 aliphatic rings. The van der Waals surface area contributed by atoms with Gasteiger partial charge in [-0.05, 0) is 68.9 Å². The molecule has 8 heteroatoms. The van der Waals surface area contributed by atoms with Crippen LogP contribution in [-0.2, 0) is 0 Å². The summed E-state index contributed by atoms with van der Waals surface area (Å²) >= 11 is 0. The molecule has 2 fully saturated rings. The fraction of sp³-hybridized carbons (Fsp3) is 0.400. The molecule has 1 aromatic carbocycles. The summed E-state index contributed by atoms with van der Waals surface area (Å²) in [5, 5.41) is 16.5. The Morgan fingerprint density at radius 2 is 1.94 bits per heavy atom. The first-order chi connectivity index (χ1) is 16.0. The van der Waals surface area contributed by atoms with E-state index in [0.29, 0.717) is 23.2 Å². The van der Waals surface area contributed by atoms with Gasteiger partial charge in [0.15, 0.2) is 0 Å². The van der Waals surface area contributed by atoms with Crippen LogP contribution in [0.3, 0.4) is 0 Å². The molecule has 3 aromatic rings. The van der Waals surface area contributed by atoms with E-state index < -0.39 is 11.6 Å². The Morgan fingerprint density at radius 3 is 2.73 bits per heavy atom. The first-order valence-electron chi connectivity index (χ1n) is 11.4. The summed E-state index contributed by atoms with van der Waals surface area (Å²) in [5.74, 6) is -0.970. The van der Waals surface area contributed by atoms with Crippen LogP contribution in [0.25, 0.3) is 5.52 Å². The van der Waals surface area contributed by atoms with E-state index in [0.717, 1.165) is 50.3 Å².